The van der Waals surface area contributed by atoms with Crippen LogP contribution in [0.4, 0.5) is 24.7 Å². The summed E-state index contributed by atoms with van der Waals surface area (Å²) in [6.07, 6.45) is -4.68. The number of halogens is 3. The first-order chi connectivity index (χ1) is 17.8. The summed E-state index contributed by atoms with van der Waals surface area (Å²) in [5.74, 6) is 2.00. The molecule has 3 N–H and O–H groups in total. The number of anilines is 2. The van der Waals surface area contributed by atoms with Crippen LogP contribution in [0.15, 0.2) is 30.3 Å². The average Bonchev–Trinajstić information content (AvgIpc) is 2.80. The number of methoxy groups -OCH3 is 1. The van der Waals surface area contributed by atoms with Gasteiger partial charge in [0, 0.05) is 23.7 Å². The number of aromatic nitrogens is 2. The number of nitrogens with two attached hydrogens (primary N) is 1. The van der Waals surface area contributed by atoms with E-state index in [9.17, 15) is 13.2 Å². The fraction of sp³-hybridized carbons (Fsp3) is 0.481. The first-order valence-corrected chi connectivity index (χ1v) is 12.3. The molecule has 2 heterocycles. The number of hydrogen-bond acceptors (Lipinski definition) is 8. The lowest BCUT2D eigenvalue weighted by Gasteiger charge is -2.46. The van der Waals surface area contributed by atoms with E-state index >= 15 is 0 Å². The molecule has 0 amide bonds. The minimum Gasteiger partial charge on any atom is -0.493 e. The van der Waals surface area contributed by atoms with E-state index in [0.717, 1.165) is 18.7 Å². The topological polar surface area (TPSA) is 94.8 Å². The van der Waals surface area contributed by atoms with Crippen LogP contribution in [0.2, 0.25) is 0 Å². The van der Waals surface area contributed by atoms with Crippen molar-refractivity contribution in [1.82, 2.24) is 14.9 Å². The largest absolute Gasteiger partial charge is 0.493 e. The summed E-state index contributed by atoms with van der Waals surface area (Å²) < 4.78 is 57.7. The Bertz CT molecular complexity index is 1310. The number of hydrogen-bond donors (Lipinski definition) is 2. The van der Waals surface area contributed by atoms with Crippen molar-refractivity contribution in [2.24, 2.45) is 5.41 Å². The summed E-state index contributed by atoms with van der Waals surface area (Å²) in [5.41, 5.74) is 5.86. The van der Waals surface area contributed by atoms with Gasteiger partial charge in [-0.1, -0.05) is 0 Å². The first-order valence-electron chi connectivity index (χ1n) is 12.3. The molecule has 0 bridgehead atoms. The van der Waals surface area contributed by atoms with Crippen LogP contribution in [0, 0.1) is 12.3 Å². The molecule has 1 aliphatic heterocycles. The second kappa shape index (κ2) is 10.5. The van der Waals surface area contributed by atoms with Crippen molar-refractivity contribution < 1.29 is 27.4 Å². The monoisotopic (exact) mass is 533 g/mol. The van der Waals surface area contributed by atoms with Crippen molar-refractivity contribution in [1.29, 1.82) is 0 Å². The molecule has 2 atom stereocenters. The zero-order valence-electron chi connectivity index (χ0n) is 22.4. The molecule has 3 aromatic rings. The molecule has 1 fully saturated rings. The lowest BCUT2D eigenvalue weighted by atomic mass is 9.80. The van der Waals surface area contributed by atoms with Gasteiger partial charge in [-0.15, -0.1) is 0 Å². The SMILES string of the molecule is COc1cc2nc(C)nc(N[C@H](C)c3cc(N)cc(C(F)(F)F)c3)c2cc1O[C@@H](C)C1(CN(C)C)COC1. The van der Waals surface area contributed by atoms with E-state index in [4.69, 9.17) is 19.9 Å². The van der Waals surface area contributed by atoms with E-state index in [1.807, 2.05) is 27.1 Å². The highest BCUT2D eigenvalue weighted by Gasteiger charge is 2.46. The van der Waals surface area contributed by atoms with E-state index in [-0.39, 0.29) is 17.2 Å². The number of benzene rings is 2. The number of fused-ring (bicyclic) bond motifs is 1. The Morgan fingerprint density at radius 3 is 2.39 bits per heavy atom. The van der Waals surface area contributed by atoms with Gasteiger partial charge in [0.2, 0.25) is 0 Å². The minimum absolute atomic E-state index is 0.0354. The second-order valence-corrected chi connectivity index (χ2v) is 10.2. The molecule has 4 rings (SSSR count). The highest BCUT2D eigenvalue weighted by Crippen LogP contribution is 2.40. The van der Waals surface area contributed by atoms with Crippen LogP contribution >= 0.6 is 0 Å². The summed E-state index contributed by atoms with van der Waals surface area (Å²) >= 11 is 0. The van der Waals surface area contributed by atoms with Gasteiger partial charge in [0.05, 0.1) is 42.9 Å². The fourth-order valence-electron chi connectivity index (χ4n) is 4.76. The quantitative estimate of drug-likeness (QED) is 0.369. The first kappa shape index (κ1) is 27.7. The van der Waals surface area contributed by atoms with Gasteiger partial charge < -0.3 is 30.2 Å². The van der Waals surface area contributed by atoms with Crippen LogP contribution < -0.4 is 20.5 Å². The van der Waals surface area contributed by atoms with Crippen molar-refractivity contribution in [3.63, 3.8) is 0 Å². The maximum Gasteiger partial charge on any atom is 0.416 e. The number of nitrogens with zero attached hydrogens (tertiary/aromatic N) is 3. The molecule has 11 heteroatoms. The Kier molecular flexibility index (Phi) is 7.62. The van der Waals surface area contributed by atoms with E-state index in [2.05, 4.69) is 20.2 Å². The number of ether oxygens (including phenoxy) is 3. The zero-order chi connectivity index (χ0) is 27.8. The van der Waals surface area contributed by atoms with Crippen LogP contribution in [-0.2, 0) is 10.9 Å². The molecule has 1 saturated heterocycles. The highest BCUT2D eigenvalue weighted by molar-refractivity contribution is 5.92. The third-order valence-corrected chi connectivity index (χ3v) is 6.83. The standard InChI is InChI=1S/C27H34F3N5O3/c1-15(18-7-19(27(28,29)30)9-20(31)8-18)32-25-21-10-24(23(36-6)11-22(21)33-17(3)34-25)38-16(2)26(12-35(4)5)13-37-14-26/h7-11,15-16H,12-14,31H2,1-6H3,(H,32,33,34)/t15-,16+/m1/s1. The molecule has 0 saturated carbocycles. The Hall–Kier alpha value is -3.31. The summed E-state index contributed by atoms with van der Waals surface area (Å²) in [6.45, 7) is 7.50. The molecule has 0 radical (unpaired) electrons. The van der Waals surface area contributed by atoms with Gasteiger partial charge in [0.1, 0.15) is 17.7 Å². The molecule has 206 valence electrons. The molecule has 1 aromatic heterocycles. The predicted molar refractivity (Wildman–Crippen MR) is 141 cm³/mol. The highest BCUT2D eigenvalue weighted by atomic mass is 19.4. The molecule has 8 nitrogen and oxygen atoms in total. The van der Waals surface area contributed by atoms with Gasteiger partial charge in [-0.05, 0) is 64.7 Å². The van der Waals surface area contributed by atoms with Gasteiger partial charge in [-0.3, -0.25) is 0 Å². The number of nitrogens with one attached hydrogen (secondary N) is 1. The lowest BCUT2D eigenvalue weighted by molar-refractivity contribution is -0.167. The van der Waals surface area contributed by atoms with Crippen molar-refractivity contribution >= 4 is 22.4 Å². The van der Waals surface area contributed by atoms with Crippen LogP contribution in [0.3, 0.4) is 0 Å². The van der Waals surface area contributed by atoms with Crippen molar-refractivity contribution in [2.45, 2.75) is 39.1 Å². The Morgan fingerprint density at radius 2 is 1.82 bits per heavy atom. The smallest absolute Gasteiger partial charge is 0.416 e. The molecular formula is C27H34F3N5O3. The van der Waals surface area contributed by atoms with E-state index in [1.54, 1.807) is 27.0 Å². The van der Waals surface area contributed by atoms with E-state index < -0.39 is 17.8 Å². The molecule has 0 spiro atoms. The normalized spacial score (nSPS) is 16.7. The van der Waals surface area contributed by atoms with Gasteiger partial charge in [0.25, 0.3) is 0 Å². The van der Waals surface area contributed by atoms with Gasteiger partial charge in [-0.25, -0.2) is 9.97 Å². The molecule has 38 heavy (non-hydrogen) atoms. The van der Waals surface area contributed by atoms with Crippen molar-refractivity contribution in [3.05, 3.63) is 47.3 Å². The maximum atomic E-state index is 13.4. The number of alkyl halides is 3. The molecule has 1 aliphatic rings. The van der Waals surface area contributed by atoms with Crippen LogP contribution in [-0.4, -0.2) is 61.9 Å². The summed E-state index contributed by atoms with van der Waals surface area (Å²) in [5, 5.41) is 3.90. The minimum atomic E-state index is -4.50. The lowest BCUT2D eigenvalue weighted by Crippen LogP contribution is -2.57. The number of aryl methyl sites for hydroxylation is 1. The van der Waals surface area contributed by atoms with Crippen molar-refractivity contribution in [3.8, 4) is 11.5 Å². The third-order valence-electron chi connectivity index (χ3n) is 6.83. The maximum absolute atomic E-state index is 13.4. The Balaban J connectivity index is 1.70. The van der Waals surface area contributed by atoms with Crippen molar-refractivity contribution in [2.75, 3.05) is 52.0 Å². The second-order valence-electron chi connectivity index (χ2n) is 10.2. The Morgan fingerprint density at radius 1 is 1.11 bits per heavy atom. The van der Waals surface area contributed by atoms with E-state index in [1.165, 1.54) is 6.07 Å². The fourth-order valence-corrected chi connectivity index (χ4v) is 4.76. The molecular weight excluding hydrogens is 499 g/mol. The van der Waals surface area contributed by atoms with E-state index in [0.29, 0.717) is 52.8 Å². The van der Waals surface area contributed by atoms with Crippen LogP contribution in [0.25, 0.3) is 10.9 Å². The molecule has 0 aliphatic carbocycles. The summed E-state index contributed by atoms with van der Waals surface area (Å²) in [6, 6.07) is 6.59. The number of rotatable bonds is 9. The van der Waals surface area contributed by atoms with Gasteiger partial charge in [-0.2, -0.15) is 13.2 Å². The Labute approximate surface area is 220 Å². The third kappa shape index (κ3) is 5.73. The van der Waals surface area contributed by atoms with Gasteiger partial charge in [0.15, 0.2) is 11.5 Å². The summed E-state index contributed by atoms with van der Waals surface area (Å²) in [7, 11) is 5.59. The molecule has 2 aromatic carbocycles. The molecule has 0 unspecified atom stereocenters. The average molecular weight is 534 g/mol. The predicted octanol–water partition coefficient (Wildman–Crippen LogP) is 5.07. The van der Waals surface area contributed by atoms with Gasteiger partial charge >= 0.3 is 6.18 Å². The van der Waals surface area contributed by atoms with Crippen LogP contribution in [0.5, 0.6) is 11.5 Å². The van der Waals surface area contributed by atoms with Crippen LogP contribution in [0.1, 0.15) is 36.8 Å². The zero-order valence-corrected chi connectivity index (χ0v) is 22.4. The summed E-state index contributed by atoms with van der Waals surface area (Å²) in [4.78, 5) is 11.2. The number of nitrogen functional groups attached to an aromatic ring is 1.